The van der Waals surface area contributed by atoms with Crippen LogP contribution in [0.1, 0.15) is 40.8 Å². The second-order valence-electron chi connectivity index (χ2n) is 8.06. The average Bonchev–Trinajstić information content (AvgIpc) is 2.89. The second kappa shape index (κ2) is 9.40. The molecule has 3 aromatic rings. The van der Waals surface area contributed by atoms with Gasteiger partial charge in [-0.05, 0) is 68.4 Å². The van der Waals surface area contributed by atoms with Gasteiger partial charge in [0.1, 0.15) is 4.83 Å². The summed E-state index contributed by atoms with van der Waals surface area (Å²) in [5, 5.41) is 4.30. The van der Waals surface area contributed by atoms with Gasteiger partial charge in [0.25, 0.3) is 5.56 Å². The number of carbonyl (C=O) groups is 1. The van der Waals surface area contributed by atoms with E-state index in [1.54, 1.807) is 22.0 Å². The lowest BCUT2D eigenvalue weighted by Crippen LogP contribution is -2.24. The van der Waals surface area contributed by atoms with Gasteiger partial charge in [0.05, 0.1) is 11.1 Å². The zero-order valence-corrected chi connectivity index (χ0v) is 19.6. The van der Waals surface area contributed by atoms with E-state index in [-0.39, 0.29) is 17.2 Å². The van der Waals surface area contributed by atoms with Crippen LogP contribution in [0.3, 0.4) is 0 Å². The molecule has 1 aliphatic carbocycles. The lowest BCUT2D eigenvalue weighted by Gasteiger charge is -2.11. The molecule has 1 aliphatic rings. The molecule has 5 nitrogen and oxygen atoms in total. The molecule has 0 saturated carbocycles. The minimum Gasteiger partial charge on any atom is -0.325 e. The first kappa shape index (κ1) is 21.8. The van der Waals surface area contributed by atoms with E-state index in [0.29, 0.717) is 11.7 Å². The number of nitrogens with one attached hydrogen (secondary N) is 1. The van der Waals surface area contributed by atoms with Crippen molar-refractivity contribution in [1.29, 1.82) is 0 Å². The van der Waals surface area contributed by atoms with E-state index in [4.69, 9.17) is 4.98 Å². The summed E-state index contributed by atoms with van der Waals surface area (Å²) in [6.07, 6.45) is 7.18. The maximum atomic E-state index is 13.4. The maximum absolute atomic E-state index is 13.4. The first-order valence-corrected chi connectivity index (χ1v) is 12.4. The van der Waals surface area contributed by atoms with Gasteiger partial charge in [0.15, 0.2) is 5.16 Å². The summed E-state index contributed by atoms with van der Waals surface area (Å²) < 4.78 is 1.65. The normalized spacial score (nSPS) is 13.6. The number of aromatic nitrogens is 2. The summed E-state index contributed by atoms with van der Waals surface area (Å²) in [5.74, 6) is 0.0733. The van der Waals surface area contributed by atoms with E-state index in [2.05, 4.69) is 18.0 Å². The number of carbonyl (C=O) groups excluding carboxylic acids is 1. The van der Waals surface area contributed by atoms with Crippen molar-refractivity contribution >= 4 is 44.9 Å². The second-order valence-corrected chi connectivity index (χ2v) is 10.1. The van der Waals surface area contributed by atoms with Crippen LogP contribution in [0.5, 0.6) is 0 Å². The number of hydrogen-bond acceptors (Lipinski definition) is 5. The van der Waals surface area contributed by atoms with Gasteiger partial charge in [-0.1, -0.05) is 30.3 Å². The Balaban J connectivity index is 1.60. The number of fused-ring (bicyclic) bond motifs is 3. The van der Waals surface area contributed by atoms with Gasteiger partial charge in [-0.3, -0.25) is 14.2 Å². The van der Waals surface area contributed by atoms with E-state index in [1.165, 1.54) is 35.0 Å². The molecular formula is C24H27N3O2S2. The van der Waals surface area contributed by atoms with E-state index in [0.717, 1.165) is 46.3 Å². The summed E-state index contributed by atoms with van der Waals surface area (Å²) in [4.78, 5) is 32.8. The molecule has 162 valence electrons. The van der Waals surface area contributed by atoms with Crippen molar-refractivity contribution in [3.8, 4) is 0 Å². The third kappa shape index (κ3) is 4.77. The molecule has 2 heterocycles. The summed E-state index contributed by atoms with van der Waals surface area (Å²) in [6, 6.07) is 5.97. The molecule has 0 radical (unpaired) electrons. The molecule has 0 bridgehead atoms. The fraction of sp³-hybridized carbons (Fsp3) is 0.375. The van der Waals surface area contributed by atoms with Crippen LogP contribution in [0.4, 0.5) is 5.69 Å². The van der Waals surface area contributed by atoms with E-state index in [9.17, 15) is 9.59 Å². The number of rotatable bonds is 6. The van der Waals surface area contributed by atoms with E-state index in [1.807, 2.05) is 26.0 Å². The lowest BCUT2D eigenvalue weighted by atomic mass is 10.1. The summed E-state index contributed by atoms with van der Waals surface area (Å²) in [5.41, 5.74) is 4.18. The van der Waals surface area contributed by atoms with E-state index >= 15 is 0 Å². The highest BCUT2D eigenvalue weighted by Gasteiger charge is 2.21. The molecule has 31 heavy (non-hydrogen) atoms. The number of aryl methyl sites for hydroxylation is 4. The van der Waals surface area contributed by atoms with Crippen molar-refractivity contribution in [1.82, 2.24) is 9.55 Å². The number of thioether (sulfide) groups is 1. The van der Waals surface area contributed by atoms with Crippen LogP contribution < -0.4 is 10.9 Å². The van der Waals surface area contributed by atoms with Crippen LogP contribution in [0.15, 0.2) is 40.8 Å². The van der Waals surface area contributed by atoms with Gasteiger partial charge >= 0.3 is 0 Å². The predicted molar refractivity (Wildman–Crippen MR) is 131 cm³/mol. The van der Waals surface area contributed by atoms with Gasteiger partial charge in [-0.15, -0.1) is 17.9 Å². The number of benzene rings is 1. The molecule has 2 aromatic heterocycles. The third-order valence-corrected chi connectivity index (χ3v) is 7.60. The number of thiophene rings is 1. The van der Waals surface area contributed by atoms with Crippen LogP contribution in [0.25, 0.3) is 10.2 Å². The fourth-order valence-electron chi connectivity index (χ4n) is 4.17. The van der Waals surface area contributed by atoms with Gasteiger partial charge in [0.2, 0.25) is 5.91 Å². The maximum Gasteiger partial charge on any atom is 0.263 e. The molecule has 1 aromatic carbocycles. The van der Waals surface area contributed by atoms with Gasteiger partial charge in [0, 0.05) is 17.1 Å². The quantitative estimate of drug-likeness (QED) is 0.239. The number of amides is 1. The average molecular weight is 454 g/mol. The summed E-state index contributed by atoms with van der Waals surface area (Å²) in [6.45, 7) is 8.20. The largest absolute Gasteiger partial charge is 0.325 e. The van der Waals surface area contributed by atoms with Crippen molar-refractivity contribution in [2.75, 3.05) is 11.1 Å². The van der Waals surface area contributed by atoms with Crippen LogP contribution in [0.2, 0.25) is 0 Å². The van der Waals surface area contributed by atoms with Gasteiger partial charge < -0.3 is 5.32 Å². The molecular weight excluding hydrogens is 426 g/mol. The number of nitrogens with zero attached hydrogens (tertiary/aromatic N) is 2. The first-order valence-electron chi connectivity index (χ1n) is 10.6. The molecule has 0 saturated heterocycles. The first-order chi connectivity index (χ1) is 15.0. The molecule has 0 spiro atoms. The number of anilines is 1. The molecule has 4 rings (SSSR count). The van der Waals surface area contributed by atoms with Crippen molar-refractivity contribution in [2.24, 2.45) is 0 Å². The smallest absolute Gasteiger partial charge is 0.263 e. The Morgan fingerprint density at radius 1 is 1.23 bits per heavy atom. The van der Waals surface area contributed by atoms with Gasteiger partial charge in [-0.2, -0.15) is 0 Å². The van der Waals surface area contributed by atoms with Crippen molar-refractivity contribution in [3.05, 3.63) is 62.8 Å². The topological polar surface area (TPSA) is 64.0 Å². The Morgan fingerprint density at radius 2 is 1.97 bits per heavy atom. The molecule has 7 heteroatoms. The standard InChI is InChI=1S/C24H27N3O2S2/c1-4-10-27-23(29)21-18-8-6-5-7-9-19(18)31-22(21)26-24(27)30-14-20(28)25-17-12-15(2)11-16(3)13-17/h4,11-13H,1,5-10,14H2,2-3H3,(H,25,28). The van der Waals surface area contributed by atoms with Crippen LogP contribution in [-0.2, 0) is 24.2 Å². The third-order valence-electron chi connectivity index (χ3n) is 5.44. The highest BCUT2D eigenvalue weighted by molar-refractivity contribution is 7.99. The predicted octanol–water partition coefficient (Wildman–Crippen LogP) is 5.26. The zero-order valence-electron chi connectivity index (χ0n) is 18.0. The highest BCUT2D eigenvalue weighted by atomic mass is 32.2. The van der Waals surface area contributed by atoms with Gasteiger partial charge in [-0.25, -0.2) is 4.98 Å². The molecule has 0 aliphatic heterocycles. The monoisotopic (exact) mass is 453 g/mol. The Kier molecular flexibility index (Phi) is 6.62. The number of allylic oxidation sites excluding steroid dienone is 1. The minimum absolute atomic E-state index is 0.0125. The molecule has 0 fully saturated rings. The Bertz CT molecular complexity index is 1190. The minimum atomic E-state index is -0.114. The summed E-state index contributed by atoms with van der Waals surface area (Å²) >= 11 is 2.94. The Labute approximate surface area is 190 Å². The molecule has 0 atom stereocenters. The van der Waals surface area contributed by atoms with Crippen molar-refractivity contribution in [2.45, 2.75) is 57.7 Å². The molecule has 0 unspecified atom stereocenters. The van der Waals surface area contributed by atoms with Crippen LogP contribution >= 0.6 is 23.1 Å². The Morgan fingerprint density at radius 3 is 2.71 bits per heavy atom. The summed E-state index contributed by atoms with van der Waals surface area (Å²) in [7, 11) is 0. The van der Waals surface area contributed by atoms with Crippen LogP contribution in [0, 0.1) is 13.8 Å². The van der Waals surface area contributed by atoms with Crippen molar-refractivity contribution < 1.29 is 4.79 Å². The number of hydrogen-bond donors (Lipinski definition) is 1. The van der Waals surface area contributed by atoms with Crippen LogP contribution in [-0.4, -0.2) is 21.2 Å². The SMILES string of the molecule is C=CCn1c(SCC(=O)Nc2cc(C)cc(C)c2)nc2sc3c(c2c1=O)CCCCC3. The van der Waals surface area contributed by atoms with E-state index < -0.39 is 0 Å². The van der Waals surface area contributed by atoms with Crippen molar-refractivity contribution in [3.63, 3.8) is 0 Å². The lowest BCUT2D eigenvalue weighted by molar-refractivity contribution is -0.113. The fourth-order valence-corrected chi connectivity index (χ4v) is 6.28. The zero-order chi connectivity index (χ0) is 22.0. The molecule has 1 amide bonds. The molecule has 1 N–H and O–H groups in total. The Hall–Kier alpha value is -2.38. The highest BCUT2D eigenvalue weighted by Crippen LogP contribution is 2.34.